The van der Waals surface area contributed by atoms with Gasteiger partial charge in [0.2, 0.25) is 11.8 Å². The Balaban J connectivity index is 1.49. The van der Waals surface area contributed by atoms with E-state index in [-0.39, 0.29) is 28.8 Å². The predicted molar refractivity (Wildman–Crippen MR) is 80.3 cm³/mol. The minimum atomic E-state index is -0.180. The third-order valence-electron chi connectivity index (χ3n) is 5.20. The first-order chi connectivity index (χ1) is 10.6. The van der Waals surface area contributed by atoms with Gasteiger partial charge < -0.3 is 4.90 Å². The van der Waals surface area contributed by atoms with Gasteiger partial charge in [0.15, 0.2) is 11.0 Å². The Kier molecular flexibility index (Phi) is 3.11. The fourth-order valence-corrected chi connectivity index (χ4v) is 4.18. The first-order valence-electron chi connectivity index (χ1n) is 7.62. The number of carbonyl (C=O) groups excluding carboxylic acids is 2. The summed E-state index contributed by atoms with van der Waals surface area (Å²) in [6.07, 6.45) is 5.79. The van der Waals surface area contributed by atoms with Crippen LogP contribution in [0.15, 0.2) is 12.4 Å². The number of nitrogens with zero attached hydrogens (tertiary/aromatic N) is 4. The summed E-state index contributed by atoms with van der Waals surface area (Å²) in [5.41, 5.74) is 0. The van der Waals surface area contributed by atoms with Crippen molar-refractivity contribution in [1.82, 2.24) is 14.9 Å². The Bertz CT molecular complexity index is 652. The van der Waals surface area contributed by atoms with Crippen LogP contribution in [-0.2, 0) is 9.59 Å². The molecule has 7 heteroatoms. The van der Waals surface area contributed by atoms with Crippen molar-refractivity contribution in [2.45, 2.75) is 25.3 Å². The average Bonchev–Trinajstić information content (AvgIpc) is 3.28. The highest BCUT2D eigenvalue weighted by molar-refractivity contribution is 6.32. The van der Waals surface area contributed by atoms with Gasteiger partial charge in [0, 0.05) is 37.9 Å². The fourth-order valence-electron chi connectivity index (χ4n) is 3.95. The number of rotatable bonds is 2. The number of piperidine rings is 2. The summed E-state index contributed by atoms with van der Waals surface area (Å²) in [5.74, 6) is 1.18. The monoisotopic (exact) mass is 320 g/mol. The molecule has 0 radical (unpaired) electrons. The maximum Gasteiger partial charge on any atom is 0.232 e. The van der Waals surface area contributed by atoms with Gasteiger partial charge >= 0.3 is 0 Å². The molecule has 2 saturated heterocycles. The molecule has 2 aliphatic heterocycles. The van der Waals surface area contributed by atoms with E-state index in [1.165, 1.54) is 17.3 Å². The number of amides is 2. The van der Waals surface area contributed by atoms with E-state index in [0.717, 1.165) is 19.3 Å². The van der Waals surface area contributed by atoms with Crippen molar-refractivity contribution in [3.63, 3.8) is 0 Å². The second-order valence-electron chi connectivity index (χ2n) is 6.41. The molecular formula is C15H17ClN4O2. The van der Waals surface area contributed by atoms with E-state index < -0.39 is 0 Å². The standard InChI is InChI=1S/C15H17ClN4O2/c1-19(13-12(16)17-4-5-18-13)14(21)8-2-3-11-9-6-10(9)15(22)20(11)7-8/h4-5,8-11H,2-3,6-7H2,1H3. The largest absolute Gasteiger partial charge is 0.338 e. The molecule has 4 rings (SSSR count). The molecule has 1 aromatic rings. The molecule has 22 heavy (non-hydrogen) atoms. The molecule has 1 aromatic heterocycles. The van der Waals surface area contributed by atoms with Gasteiger partial charge in [-0.05, 0) is 25.2 Å². The lowest BCUT2D eigenvalue weighted by atomic mass is 9.91. The highest BCUT2D eigenvalue weighted by Crippen LogP contribution is 2.53. The van der Waals surface area contributed by atoms with Gasteiger partial charge in [-0.2, -0.15) is 0 Å². The Morgan fingerprint density at radius 3 is 2.91 bits per heavy atom. The fraction of sp³-hybridized carbons (Fsp3) is 0.600. The van der Waals surface area contributed by atoms with E-state index in [1.54, 1.807) is 7.05 Å². The van der Waals surface area contributed by atoms with Crippen LogP contribution in [-0.4, -0.2) is 46.3 Å². The summed E-state index contributed by atoms with van der Waals surface area (Å²) in [6, 6.07) is 0.368. The normalized spacial score (nSPS) is 32.5. The van der Waals surface area contributed by atoms with Crippen LogP contribution in [0.5, 0.6) is 0 Å². The Hall–Kier alpha value is -1.69. The molecule has 2 amide bonds. The lowest BCUT2D eigenvalue weighted by Crippen LogP contribution is -2.49. The summed E-state index contributed by atoms with van der Waals surface area (Å²) in [7, 11) is 1.66. The summed E-state index contributed by atoms with van der Waals surface area (Å²) >= 11 is 6.01. The zero-order valence-corrected chi connectivity index (χ0v) is 13.0. The number of hydrogen-bond donors (Lipinski definition) is 0. The highest BCUT2D eigenvalue weighted by Gasteiger charge is 2.59. The zero-order chi connectivity index (χ0) is 15.4. The van der Waals surface area contributed by atoms with Crippen LogP contribution in [0, 0.1) is 17.8 Å². The lowest BCUT2D eigenvalue weighted by Gasteiger charge is -2.37. The molecular weight excluding hydrogens is 304 g/mol. The Morgan fingerprint density at radius 1 is 1.36 bits per heavy atom. The Morgan fingerprint density at radius 2 is 2.14 bits per heavy atom. The van der Waals surface area contributed by atoms with E-state index in [4.69, 9.17) is 11.6 Å². The van der Waals surface area contributed by atoms with Gasteiger partial charge in [0.25, 0.3) is 0 Å². The van der Waals surface area contributed by atoms with Crippen LogP contribution >= 0.6 is 11.6 Å². The topological polar surface area (TPSA) is 66.4 Å². The number of hydrogen-bond acceptors (Lipinski definition) is 4. The van der Waals surface area contributed by atoms with Gasteiger partial charge in [0.05, 0.1) is 5.92 Å². The van der Waals surface area contributed by atoms with Crippen molar-refractivity contribution in [2.24, 2.45) is 17.8 Å². The van der Waals surface area contributed by atoms with Crippen LogP contribution in [0.4, 0.5) is 5.82 Å². The van der Waals surface area contributed by atoms with Crippen LogP contribution in [0.25, 0.3) is 0 Å². The molecule has 3 aliphatic rings. The van der Waals surface area contributed by atoms with Crippen molar-refractivity contribution >= 4 is 29.2 Å². The maximum atomic E-state index is 12.7. The van der Waals surface area contributed by atoms with Gasteiger partial charge in [-0.1, -0.05) is 11.6 Å². The first kappa shape index (κ1) is 13.9. The number of aromatic nitrogens is 2. The average molecular weight is 321 g/mol. The smallest absolute Gasteiger partial charge is 0.232 e. The molecule has 1 saturated carbocycles. The maximum absolute atomic E-state index is 12.7. The Labute approximate surface area is 133 Å². The molecule has 4 atom stereocenters. The van der Waals surface area contributed by atoms with E-state index in [1.807, 2.05) is 4.90 Å². The molecule has 6 nitrogen and oxygen atoms in total. The van der Waals surface area contributed by atoms with Crippen molar-refractivity contribution in [2.75, 3.05) is 18.5 Å². The van der Waals surface area contributed by atoms with Gasteiger partial charge in [0.1, 0.15) is 0 Å². The molecule has 3 fully saturated rings. The second kappa shape index (κ2) is 4.91. The van der Waals surface area contributed by atoms with Crippen LogP contribution in [0.1, 0.15) is 19.3 Å². The molecule has 0 aromatic carbocycles. The van der Waals surface area contributed by atoms with Crippen molar-refractivity contribution in [3.8, 4) is 0 Å². The van der Waals surface area contributed by atoms with Crippen LogP contribution < -0.4 is 4.90 Å². The third kappa shape index (κ3) is 2.00. The van der Waals surface area contributed by atoms with Crippen molar-refractivity contribution in [3.05, 3.63) is 17.5 Å². The molecule has 4 unspecified atom stereocenters. The van der Waals surface area contributed by atoms with Gasteiger partial charge in [-0.25, -0.2) is 9.97 Å². The lowest BCUT2D eigenvalue weighted by molar-refractivity contribution is -0.135. The van der Waals surface area contributed by atoms with Crippen molar-refractivity contribution < 1.29 is 9.59 Å². The molecule has 1 aliphatic carbocycles. The predicted octanol–water partition coefficient (Wildman–Crippen LogP) is 1.35. The zero-order valence-electron chi connectivity index (χ0n) is 12.3. The minimum Gasteiger partial charge on any atom is -0.338 e. The molecule has 3 heterocycles. The van der Waals surface area contributed by atoms with Crippen molar-refractivity contribution in [1.29, 1.82) is 0 Å². The number of fused-ring (bicyclic) bond motifs is 3. The number of halogens is 1. The van der Waals surface area contributed by atoms with Gasteiger partial charge in [-0.3, -0.25) is 14.5 Å². The molecule has 116 valence electrons. The van der Waals surface area contributed by atoms with E-state index in [2.05, 4.69) is 9.97 Å². The number of carbonyl (C=O) groups is 2. The summed E-state index contributed by atoms with van der Waals surface area (Å²) < 4.78 is 0. The van der Waals surface area contributed by atoms with E-state index in [9.17, 15) is 9.59 Å². The second-order valence-corrected chi connectivity index (χ2v) is 6.76. The summed E-state index contributed by atoms with van der Waals surface area (Å²) in [6.45, 7) is 0.525. The van der Waals surface area contributed by atoms with E-state index in [0.29, 0.717) is 24.3 Å². The third-order valence-corrected chi connectivity index (χ3v) is 5.46. The summed E-state index contributed by atoms with van der Waals surface area (Å²) in [5, 5.41) is 0.213. The van der Waals surface area contributed by atoms with E-state index >= 15 is 0 Å². The number of anilines is 1. The van der Waals surface area contributed by atoms with Crippen LogP contribution in [0.2, 0.25) is 5.15 Å². The van der Waals surface area contributed by atoms with Gasteiger partial charge in [-0.15, -0.1) is 0 Å². The SMILES string of the molecule is CN(C(=O)C1CCC2C3CC3C(=O)N2C1)c1nccnc1Cl. The molecule has 0 spiro atoms. The molecule has 0 N–H and O–H groups in total. The first-order valence-corrected chi connectivity index (χ1v) is 8.00. The highest BCUT2D eigenvalue weighted by atomic mass is 35.5. The minimum absolute atomic E-state index is 0.0470. The molecule has 0 bridgehead atoms. The van der Waals surface area contributed by atoms with Crippen LogP contribution in [0.3, 0.4) is 0 Å². The quantitative estimate of drug-likeness (QED) is 0.825. The summed E-state index contributed by atoms with van der Waals surface area (Å²) in [4.78, 5) is 36.4.